The lowest BCUT2D eigenvalue weighted by molar-refractivity contribution is -0.117. The van der Waals surface area contributed by atoms with E-state index in [1.807, 2.05) is 37.3 Å². The third-order valence-electron chi connectivity index (χ3n) is 6.09. The van der Waals surface area contributed by atoms with E-state index in [2.05, 4.69) is 0 Å². The van der Waals surface area contributed by atoms with Crippen LogP contribution in [0, 0.1) is 0 Å². The Morgan fingerprint density at radius 2 is 1.81 bits per heavy atom. The molecule has 0 spiro atoms. The lowest BCUT2D eigenvalue weighted by Gasteiger charge is -2.27. The van der Waals surface area contributed by atoms with Crippen molar-refractivity contribution in [1.29, 1.82) is 0 Å². The average molecular weight is 484 g/mol. The van der Waals surface area contributed by atoms with Gasteiger partial charge in [0, 0.05) is 17.1 Å². The maximum atomic E-state index is 13.8. The number of para-hydroxylation sites is 1. The minimum atomic E-state index is -0.859. The Hall–Kier alpha value is -4.52. The van der Waals surface area contributed by atoms with Gasteiger partial charge in [-0.25, -0.2) is 0 Å². The van der Waals surface area contributed by atoms with Gasteiger partial charge in [-0.05, 0) is 36.2 Å². The number of carbonyl (C=O) groups is 2. The van der Waals surface area contributed by atoms with Gasteiger partial charge in [0.15, 0.2) is 22.9 Å². The van der Waals surface area contributed by atoms with E-state index in [0.717, 1.165) is 6.42 Å². The third-order valence-corrected chi connectivity index (χ3v) is 6.09. The Morgan fingerprint density at radius 1 is 1.03 bits per heavy atom. The monoisotopic (exact) mass is 483 g/mol. The smallest absolute Gasteiger partial charge is 0.294 e. The maximum absolute atomic E-state index is 13.8. The topological polar surface area (TPSA) is 89.2 Å². The van der Waals surface area contributed by atoms with E-state index in [1.54, 1.807) is 48.5 Å². The summed E-state index contributed by atoms with van der Waals surface area (Å²) in [6.45, 7) is 2.54. The molecule has 1 aromatic heterocycles. The van der Waals surface area contributed by atoms with Crippen LogP contribution in [0.1, 0.15) is 35.5 Å². The van der Waals surface area contributed by atoms with Gasteiger partial charge in [-0.15, -0.1) is 0 Å². The highest BCUT2D eigenvalue weighted by atomic mass is 16.5. The first-order valence-corrected chi connectivity index (χ1v) is 11.7. The molecule has 0 aliphatic carbocycles. The van der Waals surface area contributed by atoms with Crippen LogP contribution in [0.4, 0.5) is 5.69 Å². The van der Waals surface area contributed by atoms with Crippen molar-refractivity contribution in [3.8, 4) is 11.5 Å². The Morgan fingerprint density at radius 3 is 2.56 bits per heavy atom. The second-order valence-electron chi connectivity index (χ2n) is 8.41. The highest BCUT2D eigenvalue weighted by Crippen LogP contribution is 2.43. The number of aliphatic hydroxyl groups excluding tert-OH is 1. The minimum Gasteiger partial charge on any atom is -0.503 e. The fourth-order valence-electron chi connectivity index (χ4n) is 4.44. The van der Waals surface area contributed by atoms with Gasteiger partial charge in [0.1, 0.15) is 5.75 Å². The summed E-state index contributed by atoms with van der Waals surface area (Å²) in [5, 5.41) is 11.7. The third kappa shape index (κ3) is 3.98. The largest absolute Gasteiger partial charge is 0.503 e. The molecule has 1 unspecified atom stereocenters. The number of aliphatic hydroxyl groups is 1. The molecule has 3 aromatic carbocycles. The zero-order valence-corrected chi connectivity index (χ0v) is 19.9. The molecule has 36 heavy (non-hydrogen) atoms. The normalized spacial score (nSPS) is 15.6. The highest BCUT2D eigenvalue weighted by molar-refractivity contribution is 6.20. The molecule has 1 aliphatic rings. The van der Waals surface area contributed by atoms with Gasteiger partial charge in [0.05, 0.1) is 25.3 Å². The summed E-state index contributed by atoms with van der Waals surface area (Å²) >= 11 is 0. The number of hydrogen-bond acceptors (Lipinski definition) is 6. The molecular formula is C29H25NO6. The number of methoxy groups -OCH3 is 1. The number of hydrogen-bond donors (Lipinski definition) is 1. The second kappa shape index (κ2) is 9.62. The average Bonchev–Trinajstić information content (AvgIpc) is 3.47. The summed E-state index contributed by atoms with van der Waals surface area (Å²) in [6, 6.07) is 22.2. The van der Waals surface area contributed by atoms with E-state index in [0.29, 0.717) is 40.3 Å². The summed E-state index contributed by atoms with van der Waals surface area (Å²) in [5.41, 5.74) is 1.54. The molecule has 2 heterocycles. The molecule has 0 saturated carbocycles. The van der Waals surface area contributed by atoms with Crippen molar-refractivity contribution in [3.05, 3.63) is 102 Å². The lowest BCUT2D eigenvalue weighted by atomic mass is 9.95. The van der Waals surface area contributed by atoms with Crippen LogP contribution in [0.2, 0.25) is 0 Å². The number of Topliss-reactive ketones (excluding diaryl/α,β-unsaturated/α-hetero) is 1. The van der Waals surface area contributed by atoms with E-state index >= 15 is 0 Å². The van der Waals surface area contributed by atoms with Gasteiger partial charge in [-0.2, -0.15) is 0 Å². The molecule has 182 valence electrons. The molecule has 0 radical (unpaired) electrons. The Bertz CT molecular complexity index is 1470. The van der Waals surface area contributed by atoms with Crippen LogP contribution >= 0.6 is 0 Å². The number of ketones is 1. The van der Waals surface area contributed by atoms with Crippen molar-refractivity contribution in [2.24, 2.45) is 0 Å². The summed E-state index contributed by atoms with van der Waals surface area (Å²) in [7, 11) is 1.52. The second-order valence-corrected chi connectivity index (χ2v) is 8.41. The molecular weight excluding hydrogens is 458 g/mol. The van der Waals surface area contributed by atoms with Gasteiger partial charge < -0.3 is 19.0 Å². The molecule has 4 aromatic rings. The van der Waals surface area contributed by atoms with E-state index in [1.165, 1.54) is 12.0 Å². The number of amides is 1. The van der Waals surface area contributed by atoms with Crippen LogP contribution in [-0.2, 0) is 4.79 Å². The number of anilines is 1. The molecule has 1 N–H and O–H groups in total. The van der Waals surface area contributed by atoms with Crippen LogP contribution in [0.15, 0.2) is 94.6 Å². The van der Waals surface area contributed by atoms with Gasteiger partial charge in [0.25, 0.3) is 5.91 Å². The molecule has 5 rings (SSSR count). The molecule has 0 bridgehead atoms. The van der Waals surface area contributed by atoms with Crippen LogP contribution in [-0.4, -0.2) is 30.5 Å². The van der Waals surface area contributed by atoms with Crippen molar-refractivity contribution in [1.82, 2.24) is 0 Å². The summed E-state index contributed by atoms with van der Waals surface area (Å²) < 4.78 is 17.0. The van der Waals surface area contributed by atoms with E-state index in [4.69, 9.17) is 13.9 Å². The first kappa shape index (κ1) is 23.2. The minimum absolute atomic E-state index is 0.00617. The number of ether oxygens (including phenoxy) is 2. The fourth-order valence-corrected chi connectivity index (χ4v) is 4.44. The van der Waals surface area contributed by atoms with Crippen LogP contribution in [0.5, 0.6) is 11.5 Å². The number of fused-ring (bicyclic) bond motifs is 1. The van der Waals surface area contributed by atoms with Crippen molar-refractivity contribution in [2.75, 3.05) is 18.6 Å². The molecule has 1 amide bonds. The highest BCUT2D eigenvalue weighted by Gasteiger charge is 2.45. The lowest BCUT2D eigenvalue weighted by Crippen LogP contribution is -2.31. The van der Waals surface area contributed by atoms with E-state index < -0.39 is 23.5 Å². The van der Waals surface area contributed by atoms with Crippen molar-refractivity contribution >= 4 is 28.3 Å². The van der Waals surface area contributed by atoms with Crippen LogP contribution < -0.4 is 14.4 Å². The quantitative estimate of drug-likeness (QED) is 0.309. The Kier molecular flexibility index (Phi) is 6.21. The number of nitrogens with zero attached hydrogens (tertiary/aromatic N) is 1. The predicted molar refractivity (Wildman–Crippen MR) is 136 cm³/mol. The SMILES string of the molecule is CCCOc1cccc(N2C(=O)C(O)=C(C(=O)c3cc4cccc(OC)c4o3)C2c2ccccc2)c1. The number of benzene rings is 3. The van der Waals surface area contributed by atoms with Crippen molar-refractivity contribution in [2.45, 2.75) is 19.4 Å². The number of furan rings is 1. The van der Waals surface area contributed by atoms with Crippen LogP contribution in [0.25, 0.3) is 11.0 Å². The Balaban J connectivity index is 1.61. The standard InChI is InChI=1S/C29H25NO6/c1-3-15-35-21-13-8-12-20(17-21)30-25(18-9-5-4-6-10-18)24(27(32)29(30)33)26(31)23-16-19-11-7-14-22(34-2)28(19)36-23/h4-14,16-17,25,32H,3,15H2,1-2H3. The molecule has 7 nitrogen and oxygen atoms in total. The molecule has 0 saturated heterocycles. The van der Waals surface area contributed by atoms with Crippen molar-refractivity contribution in [3.63, 3.8) is 0 Å². The first-order valence-electron chi connectivity index (χ1n) is 11.7. The van der Waals surface area contributed by atoms with Crippen molar-refractivity contribution < 1.29 is 28.6 Å². The first-order chi connectivity index (χ1) is 17.5. The molecule has 1 aliphatic heterocycles. The Labute approximate surface area is 208 Å². The summed E-state index contributed by atoms with van der Waals surface area (Å²) in [5.74, 6) is -0.773. The van der Waals surface area contributed by atoms with E-state index in [-0.39, 0.29) is 11.3 Å². The zero-order chi connectivity index (χ0) is 25.2. The van der Waals surface area contributed by atoms with Gasteiger partial charge in [-0.1, -0.05) is 55.5 Å². The van der Waals surface area contributed by atoms with Gasteiger partial charge >= 0.3 is 0 Å². The van der Waals surface area contributed by atoms with Gasteiger partial charge in [-0.3, -0.25) is 14.5 Å². The molecule has 7 heteroatoms. The molecule has 0 fully saturated rings. The number of carbonyl (C=O) groups excluding carboxylic acids is 2. The number of rotatable bonds is 8. The van der Waals surface area contributed by atoms with E-state index in [9.17, 15) is 14.7 Å². The summed E-state index contributed by atoms with van der Waals surface area (Å²) in [6.07, 6.45) is 0.836. The predicted octanol–water partition coefficient (Wildman–Crippen LogP) is 6.01. The fraction of sp³-hybridized carbons (Fsp3) is 0.172. The van der Waals surface area contributed by atoms with Crippen LogP contribution in [0.3, 0.4) is 0 Å². The summed E-state index contributed by atoms with van der Waals surface area (Å²) in [4.78, 5) is 28.6. The maximum Gasteiger partial charge on any atom is 0.294 e. The molecule has 1 atom stereocenters. The zero-order valence-electron chi connectivity index (χ0n) is 19.9. The van der Waals surface area contributed by atoms with Gasteiger partial charge in [0.2, 0.25) is 5.78 Å².